The lowest BCUT2D eigenvalue weighted by molar-refractivity contribution is 0.177. The predicted molar refractivity (Wildman–Crippen MR) is 44.5 cm³/mol. The van der Waals surface area contributed by atoms with E-state index in [4.69, 9.17) is 4.74 Å². The van der Waals surface area contributed by atoms with Crippen LogP contribution in [0.3, 0.4) is 0 Å². The monoisotopic (exact) mass is 170 g/mol. The summed E-state index contributed by atoms with van der Waals surface area (Å²) in [6.45, 7) is 1.28. The Morgan fingerprint density at radius 3 is 2.92 bits per heavy atom. The van der Waals surface area contributed by atoms with E-state index in [0.717, 1.165) is 17.9 Å². The molecule has 0 aliphatic rings. The van der Waals surface area contributed by atoms with Gasteiger partial charge >= 0.3 is 0 Å². The van der Waals surface area contributed by atoms with Crippen molar-refractivity contribution in [3.63, 3.8) is 0 Å². The van der Waals surface area contributed by atoms with Crippen LogP contribution in [0.25, 0.3) is 0 Å². The minimum atomic E-state index is 0.556. The number of rotatable bonds is 4. The van der Waals surface area contributed by atoms with Gasteiger partial charge in [-0.2, -0.15) is 0 Å². The number of hydrogen-bond donors (Lipinski definition) is 1. The van der Waals surface area contributed by atoms with Gasteiger partial charge in [0.2, 0.25) is 0 Å². The lowest BCUT2D eigenvalue weighted by Gasteiger charge is -2.01. The zero-order valence-electron chi connectivity index (χ0n) is 7.66. The molecule has 5 heteroatoms. The van der Waals surface area contributed by atoms with E-state index in [0.29, 0.717) is 6.61 Å². The van der Waals surface area contributed by atoms with E-state index >= 15 is 0 Å². The van der Waals surface area contributed by atoms with Gasteiger partial charge in [0.05, 0.1) is 12.3 Å². The second-order valence-electron chi connectivity index (χ2n) is 2.57. The summed E-state index contributed by atoms with van der Waals surface area (Å²) >= 11 is 0. The van der Waals surface area contributed by atoms with E-state index < -0.39 is 0 Å². The number of nitrogens with zero attached hydrogens (tertiary/aromatic N) is 3. The summed E-state index contributed by atoms with van der Waals surface area (Å²) in [6, 6.07) is 0. The molecule has 1 N–H and O–H groups in total. The lowest BCUT2D eigenvalue weighted by Crippen LogP contribution is -2.09. The molecule has 0 aliphatic heterocycles. The van der Waals surface area contributed by atoms with Crippen molar-refractivity contribution in [3.8, 4) is 0 Å². The van der Waals surface area contributed by atoms with Gasteiger partial charge in [0, 0.05) is 20.7 Å². The molecule has 12 heavy (non-hydrogen) atoms. The molecule has 0 amide bonds. The highest BCUT2D eigenvalue weighted by molar-refractivity contribution is 5.08. The fourth-order valence-corrected chi connectivity index (χ4v) is 1.04. The molecule has 1 aromatic rings. The average Bonchev–Trinajstić information content (AvgIpc) is 2.37. The van der Waals surface area contributed by atoms with Crippen LogP contribution in [-0.2, 0) is 24.9 Å². The van der Waals surface area contributed by atoms with Crippen LogP contribution < -0.4 is 5.32 Å². The van der Waals surface area contributed by atoms with Gasteiger partial charge in [0.15, 0.2) is 0 Å². The Hall–Kier alpha value is -0.940. The number of ether oxygens (including phenoxy) is 1. The van der Waals surface area contributed by atoms with E-state index in [1.165, 1.54) is 0 Å². The van der Waals surface area contributed by atoms with Crippen molar-refractivity contribution in [1.82, 2.24) is 20.3 Å². The summed E-state index contributed by atoms with van der Waals surface area (Å²) in [7, 11) is 5.40. The summed E-state index contributed by atoms with van der Waals surface area (Å²) in [4.78, 5) is 0. The molecule has 0 aromatic carbocycles. The van der Waals surface area contributed by atoms with Crippen LogP contribution >= 0.6 is 0 Å². The van der Waals surface area contributed by atoms with Crippen molar-refractivity contribution in [1.29, 1.82) is 0 Å². The highest BCUT2D eigenvalue weighted by Gasteiger charge is 2.08. The zero-order valence-corrected chi connectivity index (χ0v) is 7.66. The van der Waals surface area contributed by atoms with Crippen LogP contribution in [0.5, 0.6) is 0 Å². The maximum Gasteiger partial charge on any atom is 0.102 e. The highest BCUT2D eigenvalue weighted by atomic mass is 16.5. The summed E-state index contributed by atoms with van der Waals surface area (Å²) in [6.07, 6.45) is 0. The van der Waals surface area contributed by atoms with E-state index in [9.17, 15) is 0 Å². The zero-order chi connectivity index (χ0) is 8.97. The van der Waals surface area contributed by atoms with Crippen LogP contribution in [0.4, 0.5) is 0 Å². The average molecular weight is 170 g/mol. The largest absolute Gasteiger partial charge is 0.378 e. The molecule has 0 bridgehead atoms. The molecular formula is C7H14N4O. The summed E-state index contributed by atoms with van der Waals surface area (Å²) in [5.74, 6) is 0. The number of methoxy groups -OCH3 is 1. The Balaban J connectivity index is 2.80. The molecule has 0 spiro atoms. The Morgan fingerprint density at radius 1 is 1.58 bits per heavy atom. The van der Waals surface area contributed by atoms with E-state index in [1.807, 2.05) is 14.1 Å². The van der Waals surface area contributed by atoms with Gasteiger partial charge in [0.25, 0.3) is 0 Å². The fraction of sp³-hybridized carbons (Fsp3) is 0.714. The van der Waals surface area contributed by atoms with Crippen LogP contribution in [0, 0.1) is 0 Å². The minimum absolute atomic E-state index is 0.556. The topological polar surface area (TPSA) is 52.0 Å². The van der Waals surface area contributed by atoms with Crippen LogP contribution in [0.2, 0.25) is 0 Å². The van der Waals surface area contributed by atoms with Crippen molar-refractivity contribution < 1.29 is 4.74 Å². The first-order chi connectivity index (χ1) is 5.79. The van der Waals surface area contributed by atoms with E-state index in [1.54, 1.807) is 11.8 Å². The molecule has 5 nitrogen and oxygen atoms in total. The second kappa shape index (κ2) is 4.18. The Labute approximate surface area is 71.7 Å². The lowest BCUT2D eigenvalue weighted by atomic mass is 10.3. The molecule has 0 saturated carbocycles. The third-order valence-corrected chi connectivity index (χ3v) is 1.65. The summed E-state index contributed by atoms with van der Waals surface area (Å²) in [5, 5.41) is 10.9. The van der Waals surface area contributed by atoms with Gasteiger partial charge in [-0.1, -0.05) is 5.21 Å². The van der Waals surface area contributed by atoms with Crippen LogP contribution in [0.15, 0.2) is 0 Å². The van der Waals surface area contributed by atoms with Gasteiger partial charge in [-0.05, 0) is 7.05 Å². The summed E-state index contributed by atoms with van der Waals surface area (Å²) < 4.78 is 6.76. The van der Waals surface area contributed by atoms with Crippen molar-refractivity contribution in [2.75, 3.05) is 14.2 Å². The van der Waals surface area contributed by atoms with Crippen molar-refractivity contribution >= 4 is 0 Å². The standard InChI is InChI=1S/C7H14N4O/c1-8-4-6-7(5-12-3)11(2)10-9-6/h8H,4-5H2,1-3H3. The third-order valence-electron chi connectivity index (χ3n) is 1.65. The molecule has 1 rings (SSSR count). The Morgan fingerprint density at radius 2 is 2.33 bits per heavy atom. The first kappa shape index (κ1) is 9.15. The first-order valence-electron chi connectivity index (χ1n) is 3.80. The maximum absolute atomic E-state index is 5.03. The fourth-order valence-electron chi connectivity index (χ4n) is 1.04. The van der Waals surface area contributed by atoms with Gasteiger partial charge in [-0.15, -0.1) is 5.10 Å². The Kier molecular flexibility index (Phi) is 3.19. The smallest absolute Gasteiger partial charge is 0.102 e. The van der Waals surface area contributed by atoms with Crippen LogP contribution in [0.1, 0.15) is 11.4 Å². The van der Waals surface area contributed by atoms with Gasteiger partial charge in [-0.25, -0.2) is 4.68 Å². The predicted octanol–water partition coefficient (Wildman–Crippen LogP) is -0.319. The number of aryl methyl sites for hydroxylation is 1. The van der Waals surface area contributed by atoms with Gasteiger partial charge in [-0.3, -0.25) is 0 Å². The quantitative estimate of drug-likeness (QED) is 0.673. The molecular weight excluding hydrogens is 156 g/mol. The van der Waals surface area contributed by atoms with Gasteiger partial charge in [0.1, 0.15) is 5.69 Å². The van der Waals surface area contributed by atoms with E-state index in [-0.39, 0.29) is 0 Å². The normalized spacial score (nSPS) is 10.6. The van der Waals surface area contributed by atoms with Crippen LogP contribution in [-0.4, -0.2) is 29.2 Å². The minimum Gasteiger partial charge on any atom is -0.378 e. The number of aromatic nitrogens is 3. The SMILES string of the molecule is CNCc1nnn(C)c1COC. The molecule has 0 atom stereocenters. The molecule has 68 valence electrons. The molecule has 0 unspecified atom stereocenters. The first-order valence-corrected chi connectivity index (χ1v) is 3.80. The highest BCUT2D eigenvalue weighted by Crippen LogP contribution is 2.04. The van der Waals surface area contributed by atoms with Crippen molar-refractivity contribution in [2.24, 2.45) is 7.05 Å². The van der Waals surface area contributed by atoms with Crippen molar-refractivity contribution in [2.45, 2.75) is 13.2 Å². The summed E-state index contributed by atoms with van der Waals surface area (Å²) in [5.41, 5.74) is 1.97. The van der Waals surface area contributed by atoms with E-state index in [2.05, 4.69) is 15.6 Å². The van der Waals surface area contributed by atoms with Gasteiger partial charge < -0.3 is 10.1 Å². The third kappa shape index (κ3) is 1.80. The maximum atomic E-state index is 5.03. The Bertz CT molecular complexity index is 246. The molecule has 1 aromatic heterocycles. The number of nitrogens with one attached hydrogen (secondary N) is 1. The molecule has 0 fully saturated rings. The second-order valence-corrected chi connectivity index (χ2v) is 2.57. The molecule has 0 radical (unpaired) electrons. The molecule has 0 saturated heterocycles. The molecule has 0 aliphatic carbocycles. The van der Waals surface area contributed by atoms with Crippen molar-refractivity contribution in [3.05, 3.63) is 11.4 Å². The molecule has 1 heterocycles. The number of hydrogen-bond acceptors (Lipinski definition) is 4.